The highest BCUT2D eigenvalue weighted by Gasteiger charge is 2.24. The number of benzene rings is 2. The molecule has 0 fully saturated rings. The third-order valence-electron chi connectivity index (χ3n) is 4.33. The topological polar surface area (TPSA) is 101 Å². The lowest BCUT2D eigenvalue weighted by atomic mass is 10.0. The standard InChI is InChI=1S/C21H17F3N4O3/c1-2-18(27-13-5-3-4-12(6-13)9-28-11-25-10-26-28)19(21(30)31)20(29)14-7-16(23)17(24)8-15(14)22/h3-8,10-11,29H,2,9H2,1H3,(H,30,31). The summed E-state index contributed by atoms with van der Waals surface area (Å²) in [6.07, 6.45) is 2.98. The molecule has 31 heavy (non-hydrogen) atoms. The molecule has 0 amide bonds. The minimum absolute atomic E-state index is 0.0598. The monoisotopic (exact) mass is 430 g/mol. The van der Waals surface area contributed by atoms with Crippen molar-refractivity contribution in [1.29, 1.82) is 0 Å². The molecule has 10 heteroatoms. The van der Waals surface area contributed by atoms with E-state index in [1.54, 1.807) is 29.8 Å². The Morgan fingerprint density at radius 1 is 1.10 bits per heavy atom. The molecule has 0 aliphatic rings. The molecule has 0 saturated carbocycles. The number of hydrogen-bond acceptors (Lipinski definition) is 5. The highest BCUT2D eigenvalue weighted by Crippen LogP contribution is 2.26. The van der Waals surface area contributed by atoms with Crippen molar-refractivity contribution in [1.82, 2.24) is 14.8 Å². The van der Waals surface area contributed by atoms with Crippen LogP contribution >= 0.6 is 0 Å². The van der Waals surface area contributed by atoms with Crippen LogP contribution in [0.1, 0.15) is 24.5 Å². The van der Waals surface area contributed by atoms with E-state index in [0.717, 1.165) is 5.56 Å². The van der Waals surface area contributed by atoms with Crippen LogP contribution < -0.4 is 0 Å². The fourth-order valence-corrected chi connectivity index (χ4v) is 2.89. The molecule has 0 radical (unpaired) electrons. The van der Waals surface area contributed by atoms with E-state index >= 15 is 0 Å². The summed E-state index contributed by atoms with van der Waals surface area (Å²) in [6, 6.07) is 7.46. The maximum absolute atomic E-state index is 14.1. The molecule has 160 valence electrons. The Kier molecular flexibility index (Phi) is 6.49. The summed E-state index contributed by atoms with van der Waals surface area (Å²) < 4.78 is 42.4. The van der Waals surface area contributed by atoms with Crippen molar-refractivity contribution >= 4 is 23.1 Å². The highest BCUT2D eigenvalue weighted by atomic mass is 19.2. The van der Waals surface area contributed by atoms with Crippen LogP contribution in [-0.4, -0.2) is 36.7 Å². The number of aliphatic hydroxyl groups is 1. The van der Waals surface area contributed by atoms with Crippen molar-refractivity contribution in [2.45, 2.75) is 19.9 Å². The first-order valence-corrected chi connectivity index (χ1v) is 9.10. The Morgan fingerprint density at radius 3 is 2.48 bits per heavy atom. The van der Waals surface area contributed by atoms with E-state index in [9.17, 15) is 28.2 Å². The first-order valence-electron chi connectivity index (χ1n) is 9.10. The number of aliphatic imine (C=N–C) groups is 1. The third kappa shape index (κ3) is 4.97. The largest absolute Gasteiger partial charge is 0.506 e. The van der Waals surface area contributed by atoms with Gasteiger partial charge in [-0.3, -0.25) is 4.99 Å². The molecule has 0 saturated heterocycles. The van der Waals surface area contributed by atoms with Gasteiger partial charge in [-0.05, 0) is 30.2 Å². The van der Waals surface area contributed by atoms with Gasteiger partial charge in [-0.15, -0.1) is 0 Å². The van der Waals surface area contributed by atoms with E-state index in [2.05, 4.69) is 15.1 Å². The zero-order chi connectivity index (χ0) is 22.5. The van der Waals surface area contributed by atoms with E-state index < -0.39 is 40.3 Å². The number of nitrogens with zero attached hydrogens (tertiary/aromatic N) is 4. The quantitative estimate of drug-likeness (QED) is 0.252. The van der Waals surface area contributed by atoms with E-state index in [1.807, 2.05) is 6.07 Å². The van der Waals surface area contributed by atoms with Gasteiger partial charge >= 0.3 is 5.97 Å². The normalized spacial score (nSPS) is 12.6. The van der Waals surface area contributed by atoms with Gasteiger partial charge in [0.1, 0.15) is 29.8 Å². The van der Waals surface area contributed by atoms with Crippen molar-refractivity contribution in [3.05, 3.63) is 83.2 Å². The molecular weight excluding hydrogens is 413 g/mol. The van der Waals surface area contributed by atoms with E-state index in [0.29, 0.717) is 18.3 Å². The molecule has 7 nitrogen and oxygen atoms in total. The van der Waals surface area contributed by atoms with Crippen LogP contribution in [0.25, 0.3) is 5.76 Å². The fraction of sp³-hybridized carbons (Fsp3) is 0.143. The number of carbonyl (C=O) groups is 1. The molecule has 0 atom stereocenters. The second-order valence-electron chi connectivity index (χ2n) is 6.45. The second kappa shape index (κ2) is 9.24. The molecule has 0 aliphatic heterocycles. The van der Waals surface area contributed by atoms with Gasteiger partial charge in [-0.1, -0.05) is 19.1 Å². The van der Waals surface area contributed by atoms with Crippen LogP contribution in [0.3, 0.4) is 0 Å². The van der Waals surface area contributed by atoms with Crippen LogP contribution in [0, 0.1) is 17.5 Å². The number of aromatic nitrogens is 3. The lowest BCUT2D eigenvalue weighted by molar-refractivity contribution is -0.132. The Labute approximate surface area is 174 Å². The van der Waals surface area contributed by atoms with Gasteiger partial charge in [0.05, 0.1) is 23.5 Å². The molecule has 2 aromatic carbocycles. The average Bonchev–Trinajstić information content (AvgIpc) is 3.23. The van der Waals surface area contributed by atoms with Gasteiger partial charge in [0.15, 0.2) is 11.6 Å². The number of carboxylic acid groups (broad SMARTS) is 1. The minimum Gasteiger partial charge on any atom is -0.506 e. The van der Waals surface area contributed by atoms with Crippen molar-refractivity contribution in [2.75, 3.05) is 0 Å². The van der Waals surface area contributed by atoms with E-state index in [4.69, 9.17) is 0 Å². The number of aliphatic carboxylic acids is 1. The van der Waals surface area contributed by atoms with Crippen LogP contribution in [0.5, 0.6) is 0 Å². The predicted molar refractivity (Wildman–Crippen MR) is 106 cm³/mol. The lowest BCUT2D eigenvalue weighted by Gasteiger charge is -2.11. The van der Waals surface area contributed by atoms with Gasteiger partial charge in [-0.25, -0.2) is 27.6 Å². The third-order valence-corrected chi connectivity index (χ3v) is 4.33. The summed E-state index contributed by atoms with van der Waals surface area (Å²) in [7, 11) is 0. The molecular formula is C21H17F3N4O3. The van der Waals surface area contributed by atoms with Gasteiger partial charge in [0.25, 0.3) is 0 Å². The smallest absolute Gasteiger partial charge is 0.341 e. The number of rotatable bonds is 7. The number of carboxylic acids is 1. The first-order chi connectivity index (χ1) is 14.8. The van der Waals surface area contributed by atoms with Gasteiger partial charge in [-0.2, -0.15) is 5.10 Å². The second-order valence-corrected chi connectivity index (χ2v) is 6.45. The molecule has 1 heterocycles. The van der Waals surface area contributed by atoms with Gasteiger partial charge < -0.3 is 10.2 Å². The number of aliphatic hydroxyl groups excluding tert-OH is 1. The van der Waals surface area contributed by atoms with Gasteiger partial charge in [0.2, 0.25) is 0 Å². The van der Waals surface area contributed by atoms with E-state index in [-0.39, 0.29) is 18.2 Å². The molecule has 3 aromatic rings. The summed E-state index contributed by atoms with van der Waals surface area (Å²) in [6.45, 7) is 1.99. The Morgan fingerprint density at radius 2 is 1.84 bits per heavy atom. The average molecular weight is 430 g/mol. The summed E-state index contributed by atoms with van der Waals surface area (Å²) in [4.78, 5) is 20.0. The van der Waals surface area contributed by atoms with Crippen molar-refractivity contribution in [3.63, 3.8) is 0 Å². The highest BCUT2D eigenvalue weighted by molar-refractivity contribution is 6.24. The molecule has 2 N–H and O–H groups in total. The van der Waals surface area contributed by atoms with Crippen LogP contribution in [0.4, 0.5) is 18.9 Å². The fourth-order valence-electron chi connectivity index (χ4n) is 2.89. The zero-order valence-electron chi connectivity index (χ0n) is 16.3. The summed E-state index contributed by atoms with van der Waals surface area (Å²) in [5.41, 5.74) is -0.385. The van der Waals surface area contributed by atoms with Crippen LogP contribution in [0.2, 0.25) is 0 Å². The molecule has 0 spiro atoms. The van der Waals surface area contributed by atoms with E-state index in [1.165, 1.54) is 12.7 Å². The summed E-state index contributed by atoms with van der Waals surface area (Å²) in [5, 5.41) is 24.0. The Hall–Kier alpha value is -3.95. The van der Waals surface area contributed by atoms with Crippen LogP contribution in [0.15, 0.2) is 59.6 Å². The maximum atomic E-state index is 14.1. The molecule has 1 aromatic heterocycles. The number of halogens is 3. The SMILES string of the molecule is CCC(=Nc1cccc(Cn2cncn2)c1)C(C(=O)O)=C(O)c1cc(F)c(F)cc1F. The number of hydrogen-bond donors (Lipinski definition) is 2. The zero-order valence-corrected chi connectivity index (χ0v) is 16.3. The predicted octanol–water partition coefficient (Wildman–Crippen LogP) is 4.28. The Bertz CT molecular complexity index is 1170. The molecule has 0 aliphatic carbocycles. The lowest BCUT2D eigenvalue weighted by Crippen LogP contribution is -2.15. The molecule has 0 unspecified atom stereocenters. The van der Waals surface area contributed by atoms with Crippen molar-refractivity contribution in [2.24, 2.45) is 4.99 Å². The van der Waals surface area contributed by atoms with Gasteiger partial charge in [0, 0.05) is 6.07 Å². The molecule has 0 bridgehead atoms. The minimum atomic E-state index is -1.60. The first kappa shape index (κ1) is 21.8. The van der Waals surface area contributed by atoms with Crippen molar-refractivity contribution < 1.29 is 28.2 Å². The summed E-state index contributed by atoms with van der Waals surface area (Å²) in [5.74, 6) is -6.84. The Balaban J connectivity index is 2.06. The summed E-state index contributed by atoms with van der Waals surface area (Å²) >= 11 is 0. The molecule has 3 rings (SSSR count). The maximum Gasteiger partial charge on any atom is 0.341 e. The van der Waals surface area contributed by atoms with Crippen LogP contribution in [-0.2, 0) is 11.3 Å². The van der Waals surface area contributed by atoms with Crippen molar-refractivity contribution in [3.8, 4) is 0 Å².